The fourth-order valence-electron chi connectivity index (χ4n) is 2.57. The van der Waals surface area contributed by atoms with Crippen LogP contribution in [-0.2, 0) is 11.3 Å². The van der Waals surface area contributed by atoms with Gasteiger partial charge in [0.15, 0.2) is 5.96 Å². The van der Waals surface area contributed by atoms with E-state index in [-0.39, 0.29) is 11.5 Å². The van der Waals surface area contributed by atoms with Crippen LogP contribution >= 0.6 is 0 Å². The molecule has 1 amide bonds. The first-order valence-corrected chi connectivity index (χ1v) is 7.96. The zero-order valence-corrected chi connectivity index (χ0v) is 14.1. The highest BCUT2D eigenvalue weighted by molar-refractivity contribution is 5.93. The molecule has 23 heavy (non-hydrogen) atoms. The molecule has 1 aliphatic rings. The van der Waals surface area contributed by atoms with Crippen molar-refractivity contribution < 1.29 is 9.53 Å². The van der Waals surface area contributed by atoms with Crippen LogP contribution < -0.4 is 16.0 Å². The summed E-state index contributed by atoms with van der Waals surface area (Å²) < 4.78 is 5.76. The maximum atomic E-state index is 11.5. The lowest BCUT2D eigenvalue weighted by Crippen LogP contribution is -2.45. The first-order valence-electron chi connectivity index (χ1n) is 7.96. The van der Waals surface area contributed by atoms with Crippen molar-refractivity contribution in [3.05, 3.63) is 35.4 Å². The minimum atomic E-state index is -0.104. The molecule has 2 rings (SSSR count). The third-order valence-electron chi connectivity index (χ3n) is 4.06. The summed E-state index contributed by atoms with van der Waals surface area (Å²) in [6.07, 6.45) is 2.18. The van der Waals surface area contributed by atoms with Gasteiger partial charge in [0, 0.05) is 39.4 Å². The molecule has 1 unspecified atom stereocenters. The number of rotatable bonds is 5. The molecule has 1 atom stereocenters. The van der Waals surface area contributed by atoms with E-state index in [1.807, 2.05) is 24.3 Å². The molecule has 1 saturated heterocycles. The van der Waals surface area contributed by atoms with Gasteiger partial charge in [0.2, 0.25) is 0 Å². The molecule has 0 aliphatic carbocycles. The van der Waals surface area contributed by atoms with Gasteiger partial charge < -0.3 is 20.7 Å². The molecule has 1 aromatic rings. The Balaban J connectivity index is 1.82. The van der Waals surface area contributed by atoms with Gasteiger partial charge in [0.25, 0.3) is 5.91 Å². The smallest absolute Gasteiger partial charge is 0.251 e. The summed E-state index contributed by atoms with van der Waals surface area (Å²) in [5, 5.41) is 9.19. The van der Waals surface area contributed by atoms with E-state index in [4.69, 9.17) is 4.74 Å². The fourth-order valence-corrected chi connectivity index (χ4v) is 2.57. The Bertz CT molecular complexity index is 548. The van der Waals surface area contributed by atoms with Crippen LogP contribution in [0.4, 0.5) is 0 Å². The van der Waals surface area contributed by atoms with E-state index in [9.17, 15) is 4.79 Å². The third-order valence-corrected chi connectivity index (χ3v) is 4.06. The van der Waals surface area contributed by atoms with Crippen LogP contribution in [0, 0.1) is 0 Å². The van der Waals surface area contributed by atoms with E-state index in [2.05, 4.69) is 27.9 Å². The zero-order chi connectivity index (χ0) is 16.7. The molecule has 6 heteroatoms. The van der Waals surface area contributed by atoms with Gasteiger partial charge in [-0.2, -0.15) is 0 Å². The molecule has 126 valence electrons. The van der Waals surface area contributed by atoms with Crippen LogP contribution in [0.25, 0.3) is 0 Å². The van der Waals surface area contributed by atoms with Crippen molar-refractivity contribution in [1.82, 2.24) is 16.0 Å². The van der Waals surface area contributed by atoms with Crippen molar-refractivity contribution in [3.8, 4) is 0 Å². The Kier molecular flexibility index (Phi) is 5.98. The summed E-state index contributed by atoms with van der Waals surface area (Å²) in [7, 11) is 3.38. The van der Waals surface area contributed by atoms with Crippen LogP contribution in [0.5, 0.6) is 0 Å². The van der Waals surface area contributed by atoms with Crippen LogP contribution in [0.2, 0.25) is 0 Å². The molecular weight excluding hydrogens is 292 g/mol. The normalized spacial score (nSPS) is 21.1. The monoisotopic (exact) mass is 318 g/mol. The summed E-state index contributed by atoms with van der Waals surface area (Å²) >= 11 is 0. The highest BCUT2D eigenvalue weighted by Crippen LogP contribution is 2.23. The number of nitrogens with zero attached hydrogens (tertiary/aromatic N) is 1. The molecule has 1 aromatic carbocycles. The Morgan fingerprint density at radius 1 is 1.30 bits per heavy atom. The largest absolute Gasteiger partial charge is 0.373 e. The number of amides is 1. The minimum Gasteiger partial charge on any atom is -0.373 e. The predicted octanol–water partition coefficient (Wildman–Crippen LogP) is 1.28. The topological polar surface area (TPSA) is 74.8 Å². The number of hydrogen-bond donors (Lipinski definition) is 3. The highest BCUT2D eigenvalue weighted by atomic mass is 16.5. The third kappa shape index (κ3) is 4.96. The standard InChI is InChI=1S/C17H26N4O2/c1-17(9-4-10-23-17)12-21-16(19-3)20-11-13-5-7-14(8-6-13)15(22)18-2/h5-8H,4,9-12H2,1-3H3,(H,18,22)(H2,19,20,21). The summed E-state index contributed by atoms with van der Waals surface area (Å²) in [4.78, 5) is 15.7. The van der Waals surface area contributed by atoms with Gasteiger partial charge in [0.1, 0.15) is 0 Å². The van der Waals surface area contributed by atoms with Crippen LogP contribution in [0.15, 0.2) is 29.3 Å². The lowest BCUT2D eigenvalue weighted by atomic mass is 10.0. The second kappa shape index (κ2) is 7.97. The summed E-state index contributed by atoms with van der Waals surface area (Å²) in [6, 6.07) is 7.51. The van der Waals surface area contributed by atoms with Gasteiger partial charge in [-0.15, -0.1) is 0 Å². The molecule has 0 aromatic heterocycles. The Labute approximate surface area is 137 Å². The quantitative estimate of drug-likeness (QED) is 0.565. The number of benzene rings is 1. The van der Waals surface area contributed by atoms with Crippen LogP contribution in [-0.4, -0.2) is 44.7 Å². The number of guanidine groups is 1. The van der Waals surface area contributed by atoms with E-state index >= 15 is 0 Å². The van der Waals surface area contributed by atoms with Crippen LogP contribution in [0.3, 0.4) is 0 Å². The number of carbonyl (C=O) groups is 1. The number of nitrogens with one attached hydrogen (secondary N) is 3. The highest BCUT2D eigenvalue weighted by Gasteiger charge is 2.29. The number of ether oxygens (including phenoxy) is 1. The predicted molar refractivity (Wildman–Crippen MR) is 91.6 cm³/mol. The Morgan fingerprint density at radius 2 is 2.04 bits per heavy atom. The van der Waals surface area contributed by atoms with Crippen molar-refractivity contribution in [1.29, 1.82) is 0 Å². The number of hydrogen-bond acceptors (Lipinski definition) is 3. The molecule has 3 N–H and O–H groups in total. The molecular formula is C17H26N4O2. The van der Waals surface area contributed by atoms with E-state index in [0.717, 1.165) is 37.5 Å². The average molecular weight is 318 g/mol. The van der Waals surface area contributed by atoms with Crippen molar-refractivity contribution in [2.24, 2.45) is 4.99 Å². The minimum absolute atomic E-state index is 0.0770. The van der Waals surface area contributed by atoms with E-state index in [1.54, 1.807) is 14.1 Å². The molecule has 1 aliphatic heterocycles. The lowest BCUT2D eigenvalue weighted by molar-refractivity contribution is 0.0243. The maximum absolute atomic E-state index is 11.5. The number of aliphatic imine (C=N–C) groups is 1. The average Bonchev–Trinajstić information content (AvgIpc) is 3.01. The molecule has 1 heterocycles. The fraction of sp³-hybridized carbons (Fsp3) is 0.529. The van der Waals surface area contributed by atoms with E-state index in [0.29, 0.717) is 12.1 Å². The first-order chi connectivity index (χ1) is 11.1. The first kappa shape index (κ1) is 17.3. The molecule has 0 bridgehead atoms. The molecule has 0 radical (unpaired) electrons. The molecule has 0 saturated carbocycles. The van der Waals surface area contributed by atoms with E-state index in [1.165, 1.54) is 0 Å². The van der Waals surface area contributed by atoms with Gasteiger partial charge in [-0.1, -0.05) is 12.1 Å². The van der Waals surface area contributed by atoms with Crippen molar-refractivity contribution in [2.75, 3.05) is 27.2 Å². The van der Waals surface area contributed by atoms with Crippen molar-refractivity contribution >= 4 is 11.9 Å². The lowest BCUT2D eigenvalue weighted by Gasteiger charge is -2.24. The second-order valence-corrected chi connectivity index (χ2v) is 5.96. The molecule has 6 nitrogen and oxygen atoms in total. The summed E-state index contributed by atoms with van der Waals surface area (Å²) in [6.45, 7) is 4.34. The van der Waals surface area contributed by atoms with Gasteiger partial charge in [0.05, 0.1) is 5.60 Å². The van der Waals surface area contributed by atoms with Crippen molar-refractivity contribution in [3.63, 3.8) is 0 Å². The summed E-state index contributed by atoms with van der Waals surface area (Å²) in [5.41, 5.74) is 1.64. The second-order valence-electron chi connectivity index (χ2n) is 5.96. The number of carbonyl (C=O) groups excluding carboxylic acids is 1. The van der Waals surface area contributed by atoms with Gasteiger partial charge in [-0.3, -0.25) is 9.79 Å². The molecule has 1 fully saturated rings. The van der Waals surface area contributed by atoms with Gasteiger partial charge in [-0.25, -0.2) is 0 Å². The Hall–Kier alpha value is -2.08. The SMILES string of the molecule is CN=C(NCc1ccc(C(=O)NC)cc1)NCC1(C)CCCO1. The van der Waals surface area contributed by atoms with Crippen molar-refractivity contribution in [2.45, 2.75) is 31.9 Å². The Morgan fingerprint density at radius 3 is 2.61 bits per heavy atom. The van der Waals surface area contributed by atoms with Crippen LogP contribution in [0.1, 0.15) is 35.7 Å². The zero-order valence-electron chi connectivity index (χ0n) is 14.1. The van der Waals surface area contributed by atoms with Gasteiger partial charge >= 0.3 is 0 Å². The maximum Gasteiger partial charge on any atom is 0.251 e. The molecule has 0 spiro atoms. The summed E-state index contributed by atoms with van der Waals surface area (Å²) in [5.74, 6) is 0.670. The van der Waals surface area contributed by atoms with Gasteiger partial charge in [-0.05, 0) is 37.5 Å². The van der Waals surface area contributed by atoms with E-state index < -0.39 is 0 Å².